The van der Waals surface area contributed by atoms with E-state index in [4.69, 9.17) is 11.6 Å². The zero-order valence-corrected chi connectivity index (χ0v) is 15.5. The van der Waals surface area contributed by atoms with Crippen LogP contribution in [0.3, 0.4) is 0 Å². The summed E-state index contributed by atoms with van der Waals surface area (Å²) in [4.78, 5) is 17.2. The average molecular weight is 380 g/mol. The first-order chi connectivity index (χ1) is 13.1. The standard InChI is InChI=1S/C20H18ClN5O/c1-13-19(25-26(24-13)16-5-3-2-4-6-16)20(27)22-10-9-14-12-23-18-8-7-15(21)11-17(14)18/h2-8,11-12,23H,9-10H2,1H3,(H,22,27). The Balaban J connectivity index is 1.44. The first kappa shape index (κ1) is 17.3. The number of carbonyl (C=O) groups excluding carboxylic acids is 1. The van der Waals surface area contributed by atoms with E-state index in [2.05, 4.69) is 20.5 Å². The SMILES string of the molecule is Cc1nn(-c2ccccc2)nc1C(=O)NCCc1c[nH]c2ccc(Cl)cc12. The van der Waals surface area contributed by atoms with Crippen molar-refractivity contribution in [2.24, 2.45) is 0 Å². The van der Waals surface area contributed by atoms with Gasteiger partial charge in [-0.15, -0.1) is 5.10 Å². The molecule has 4 rings (SSSR count). The number of aromatic amines is 1. The molecule has 0 saturated carbocycles. The molecule has 0 saturated heterocycles. The van der Waals surface area contributed by atoms with E-state index >= 15 is 0 Å². The molecule has 7 heteroatoms. The predicted molar refractivity (Wildman–Crippen MR) is 105 cm³/mol. The fraction of sp³-hybridized carbons (Fsp3) is 0.150. The maximum absolute atomic E-state index is 12.5. The topological polar surface area (TPSA) is 75.6 Å². The smallest absolute Gasteiger partial charge is 0.273 e. The van der Waals surface area contributed by atoms with Crippen LogP contribution in [-0.4, -0.2) is 32.4 Å². The van der Waals surface area contributed by atoms with E-state index in [1.54, 1.807) is 6.92 Å². The van der Waals surface area contributed by atoms with E-state index in [9.17, 15) is 4.79 Å². The summed E-state index contributed by atoms with van der Waals surface area (Å²) in [5, 5.41) is 13.4. The van der Waals surface area contributed by atoms with Crippen LogP contribution in [0, 0.1) is 6.92 Å². The molecule has 27 heavy (non-hydrogen) atoms. The molecule has 0 unspecified atom stereocenters. The van der Waals surface area contributed by atoms with E-state index in [0.717, 1.165) is 22.2 Å². The number of hydrogen-bond donors (Lipinski definition) is 2. The number of aryl methyl sites for hydroxylation is 1. The molecule has 0 aliphatic rings. The fourth-order valence-electron chi connectivity index (χ4n) is 3.02. The number of amides is 1. The van der Waals surface area contributed by atoms with Crippen LogP contribution in [0.25, 0.3) is 16.6 Å². The Kier molecular flexibility index (Phi) is 4.64. The molecule has 0 radical (unpaired) electrons. The van der Waals surface area contributed by atoms with E-state index in [-0.39, 0.29) is 5.91 Å². The highest BCUT2D eigenvalue weighted by Crippen LogP contribution is 2.22. The van der Waals surface area contributed by atoms with Crippen LogP contribution in [0.1, 0.15) is 21.7 Å². The third-order valence-corrected chi connectivity index (χ3v) is 4.63. The van der Waals surface area contributed by atoms with Crippen LogP contribution in [0.2, 0.25) is 5.02 Å². The molecule has 4 aromatic rings. The second kappa shape index (κ2) is 7.25. The van der Waals surface area contributed by atoms with E-state index < -0.39 is 0 Å². The molecule has 0 atom stereocenters. The number of hydrogen-bond acceptors (Lipinski definition) is 3. The van der Waals surface area contributed by atoms with Gasteiger partial charge in [-0.25, -0.2) is 0 Å². The second-order valence-electron chi connectivity index (χ2n) is 6.27. The van der Waals surface area contributed by atoms with Crippen molar-refractivity contribution in [2.75, 3.05) is 6.54 Å². The lowest BCUT2D eigenvalue weighted by Gasteiger charge is -2.03. The summed E-state index contributed by atoms with van der Waals surface area (Å²) in [6.45, 7) is 2.28. The van der Waals surface area contributed by atoms with Gasteiger partial charge in [-0.3, -0.25) is 4.79 Å². The zero-order chi connectivity index (χ0) is 18.8. The number of fused-ring (bicyclic) bond motifs is 1. The quantitative estimate of drug-likeness (QED) is 0.555. The number of H-pyrrole nitrogens is 1. The summed E-state index contributed by atoms with van der Waals surface area (Å²) in [6.07, 6.45) is 2.64. The van der Waals surface area contributed by atoms with Gasteiger partial charge in [-0.2, -0.15) is 9.90 Å². The van der Waals surface area contributed by atoms with Crippen molar-refractivity contribution >= 4 is 28.4 Å². The minimum Gasteiger partial charge on any atom is -0.361 e. The number of benzene rings is 2. The fourth-order valence-corrected chi connectivity index (χ4v) is 3.19. The number of para-hydroxylation sites is 1. The number of carbonyl (C=O) groups is 1. The van der Waals surface area contributed by atoms with Crippen molar-refractivity contribution < 1.29 is 4.79 Å². The third-order valence-electron chi connectivity index (χ3n) is 4.39. The lowest BCUT2D eigenvalue weighted by atomic mass is 10.1. The molecule has 0 aliphatic heterocycles. The Bertz CT molecular complexity index is 1100. The molecule has 0 bridgehead atoms. The van der Waals surface area contributed by atoms with Crippen molar-refractivity contribution in [1.29, 1.82) is 0 Å². The molecule has 0 spiro atoms. The number of rotatable bonds is 5. The Labute approximate surface area is 161 Å². The number of nitrogens with zero attached hydrogens (tertiary/aromatic N) is 3. The summed E-state index contributed by atoms with van der Waals surface area (Å²) in [5.41, 5.74) is 3.88. The van der Waals surface area contributed by atoms with Gasteiger partial charge in [0, 0.05) is 28.7 Å². The summed E-state index contributed by atoms with van der Waals surface area (Å²) >= 11 is 6.08. The zero-order valence-electron chi connectivity index (χ0n) is 14.7. The molecular weight excluding hydrogens is 362 g/mol. The Morgan fingerprint density at radius 1 is 1.19 bits per heavy atom. The van der Waals surface area contributed by atoms with Gasteiger partial charge in [0.25, 0.3) is 5.91 Å². The number of halogens is 1. The largest absolute Gasteiger partial charge is 0.361 e. The Morgan fingerprint density at radius 2 is 2.00 bits per heavy atom. The van der Waals surface area contributed by atoms with Crippen LogP contribution in [-0.2, 0) is 6.42 Å². The maximum atomic E-state index is 12.5. The summed E-state index contributed by atoms with van der Waals surface area (Å²) in [7, 11) is 0. The van der Waals surface area contributed by atoms with Gasteiger partial charge in [0.15, 0.2) is 5.69 Å². The van der Waals surface area contributed by atoms with E-state index in [1.165, 1.54) is 4.80 Å². The maximum Gasteiger partial charge on any atom is 0.273 e. The van der Waals surface area contributed by atoms with Crippen molar-refractivity contribution in [3.63, 3.8) is 0 Å². The van der Waals surface area contributed by atoms with E-state index in [0.29, 0.717) is 29.4 Å². The first-order valence-electron chi connectivity index (χ1n) is 8.65. The highest BCUT2D eigenvalue weighted by atomic mass is 35.5. The van der Waals surface area contributed by atoms with Crippen LogP contribution in [0.5, 0.6) is 0 Å². The van der Waals surface area contributed by atoms with Crippen LogP contribution in [0.15, 0.2) is 54.7 Å². The highest BCUT2D eigenvalue weighted by Gasteiger charge is 2.16. The lowest BCUT2D eigenvalue weighted by Crippen LogP contribution is -2.26. The number of aromatic nitrogens is 4. The van der Waals surface area contributed by atoms with Crippen molar-refractivity contribution in [3.8, 4) is 5.69 Å². The molecule has 1 amide bonds. The van der Waals surface area contributed by atoms with Gasteiger partial charge in [0.1, 0.15) is 0 Å². The molecule has 2 aromatic carbocycles. The van der Waals surface area contributed by atoms with Gasteiger partial charge < -0.3 is 10.3 Å². The normalized spacial score (nSPS) is 11.0. The molecule has 136 valence electrons. The first-order valence-corrected chi connectivity index (χ1v) is 9.03. The molecule has 2 heterocycles. The Hall–Kier alpha value is -3.12. The predicted octanol–water partition coefficient (Wildman–Crippen LogP) is 3.68. The molecule has 0 fully saturated rings. The lowest BCUT2D eigenvalue weighted by molar-refractivity contribution is 0.0948. The van der Waals surface area contributed by atoms with Crippen molar-refractivity contribution in [2.45, 2.75) is 13.3 Å². The van der Waals surface area contributed by atoms with Crippen LogP contribution >= 0.6 is 11.6 Å². The molecule has 0 aliphatic carbocycles. The number of nitrogens with one attached hydrogen (secondary N) is 2. The minimum atomic E-state index is -0.229. The van der Waals surface area contributed by atoms with Crippen molar-refractivity contribution in [3.05, 3.63) is 76.7 Å². The minimum absolute atomic E-state index is 0.229. The average Bonchev–Trinajstić information content (AvgIpc) is 3.26. The molecule has 2 N–H and O–H groups in total. The van der Waals surface area contributed by atoms with Gasteiger partial charge in [0.2, 0.25) is 0 Å². The summed E-state index contributed by atoms with van der Waals surface area (Å²) < 4.78 is 0. The highest BCUT2D eigenvalue weighted by molar-refractivity contribution is 6.31. The van der Waals surface area contributed by atoms with Crippen molar-refractivity contribution in [1.82, 2.24) is 25.3 Å². The third kappa shape index (κ3) is 3.57. The molecule has 2 aromatic heterocycles. The molecule has 6 nitrogen and oxygen atoms in total. The van der Waals surface area contributed by atoms with Crippen LogP contribution in [0.4, 0.5) is 0 Å². The monoisotopic (exact) mass is 379 g/mol. The van der Waals surface area contributed by atoms with E-state index in [1.807, 2.05) is 54.7 Å². The summed E-state index contributed by atoms with van der Waals surface area (Å²) in [5.74, 6) is -0.229. The van der Waals surface area contributed by atoms with Gasteiger partial charge >= 0.3 is 0 Å². The van der Waals surface area contributed by atoms with Gasteiger partial charge in [-0.1, -0.05) is 29.8 Å². The van der Waals surface area contributed by atoms with Crippen LogP contribution < -0.4 is 5.32 Å². The molecular formula is C20H18ClN5O. The van der Waals surface area contributed by atoms with Gasteiger partial charge in [0.05, 0.1) is 11.4 Å². The summed E-state index contributed by atoms with van der Waals surface area (Å²) in [6, 6.07) is 15.2. The van der Waals surface area contributed by atoms with Gasteiger partial charge in [-0.05, 0) is 49.2 Å². The Morgan fingerprint density at radius 3 is 2.81 bits per heavy atom. The second-order valence-corrected chi connectivity index (χ2v) is 6.71.